The van der Waals surface area contributed by atoms with E-state index in [2.05, 4.69) is 12.2 Å². The van der Waals surface area contributed by atoms with Crippen molar-refractivity contribution in [2.24, 2.45) is 17.2 Å². The first-order valence-electron chi connectivity index (χ1n) is 18.2. The Balaban J connectivity index is 2.35. The Hall–Kier alpha value is -2.28. The van der Waals surface area contributed by atoms with E-state index in [1.54, 1.807) is 0 Å². The molecular formula is C34H68N8O4. The maximum Gasteiger partial charge on any atom is 0.234 e. The molecule has 1 heterocycles. The molecule has 12 nitrogen and oxygen atoms in total. The zero-order chi connectivity index (χ0) is 33.8. The number of nitrogens with two attached hydrogens (primary N) is 3. The number of nitrogens with zero attached hydrogens (tertiary/aromatic N) is 4. The third-order valence-electron chi connectivity index (χ3n) is 8.79. The summed E-state index contributed by atoms with van der Waals surface area (Å²) in [5.41, 5.74) is 16.4. The topological polar surface area (TPSA) is 171 Å². The Morgan fingerprint density at radius 1 is 0.435 bits per heavy atom. The van der Waals surface area contributed by atoms with Crippen molar-refractivity contribution < 1.29 is 19.2 Å². The molecule has 0 radical (unpaired) electrons. The maximum absolute atomic E-state index is 12.8. The van der Waals surface area contributed by atoms with E-state index in [1.807, 2.05) is 19.6 Å². The number of hydrogen-bond acceptors (Lipinski definition) is 8. The summed E-state index contributed by atoms with van der Waals surface area (Å²) in [7, 11) is 0. The molecule has 4 amide bonds. The molecule has 1 aliphatic rings. The minimum atomic E-state index is -0.438. The number of carbonyl (C=O) groups excluding carboxylic acids is 4. The Labute approximate surface area is 279 Å². The van der Waals surface area contributed by atoms with Gasteiger partial charge in [0.05, 0.1) is 26.2 Å². The van der Waals surface area contributed by atoms with Crippen molar-refractivity contribution in [1.29, 1.82) is 0 Å². The fourth-order valence-electron chi connectivity index (χ4n) is 6.03. The molecule has 7 N–H and O–H groups in total. The molecule has 0 aromatic heterocycles. The highest BCUT2D eigenvalue weighted by Crippen LogP contribution is 2.13. The van der Waals surface area contributed by atoms with Gasteiger partial charge in [0.25, 0.3) is 0 Å². The van der Waals surface area contributed by atoms with Crippen LogP contribution in [0.2, 0.25) is 0 Å². The second kappa shape index (κ2) is 27.8. The molecule has 0 bridgehead atoms. The fraction of sp³-hybridized carbons (Fsp3) is 0.882. The van der Waals surface area contributed by atoms with E-state index >= 15 is 0 Å². The number of carbonyl (C=O) groups is 4. The van der Waals surface area contributed by atoms with E-state index in [-0.39, 0.29) is 32.1 Å². The third kappa shape index (κ3) is 24.9. The molecule has 0 spiro atoms. The highest BCUT2D eigenvalue weighted by atomic mass is 16.2. The van der Waals surface area contributed by atoms with Gasteiger partial charge >= 0.3 is 0 Å². The van der Waals surface area contributed by atoms with Crippen LogP contribution in [0.3, 0.4) is 0 Å². The van der Waals surface area contributed by atoms with Crippen LogP contribution in [0.5, 0.6) is 0 Å². The van der Waals surface area contributed by atoms with E-state index < -0.39 is 17.7 Å². The van der Waals surface area contributed by atoms with Crippen LogP contribution in [0.15, 0.2) is 0 Å². The predicted octanol–water partition coefficient (Wildman–Crippen LogP) is 2.04. The molecule has 1 fully saturated rings. The Bertz CT molecular complexity index is 799. The highest BCUT2D eigenvalue weighted by Gasteiger charge is 2.20. The first kappa shape index (κ1) is 41.7. The van der Waals surface area contributed by atoms with Crippen molar-refractivity contribution in [3.63, 3.8) is 0 Å². The molecule has 0 atom stereocenters. The molecule has 0 aromatic rings. The van der Waals surface area contributed by atoms with Gasteiger partial charge in [-0.15, -0.1) is 0 Å². The van der Waals surface area contributed by atoms with E-state index in [0.717, 1.165) is 12.8 Å². The lowest BCUT2D eigenvalue weighted by molar-refractivity contribution is -0.123. The minimum Gasteiger partial charge on any atom is -0.369 e. The molecule has 0 aromatic carbocycles. The highest BCUT2D eigenvalue weighted by molar-refractivity contribution is 5.78. The number of primary amides is 3. The summed E-state index contributed by atoms with van der Waals surface area (Å²) in [4.78, 5) is 55.7. The number of unbranched alkanes of at least 4 members (excludes halogenated alkanes) is 15. The van der Waals surface area contributed by atoms with Crippen molar-refractivity contribution >= 4 is 23.6 Å². The lowest BCUT2D eigenvalue weighted by Gasteiger charge is -2.33. The number of nitrogens with one attached hydrogen (secondary N) is 1. The molecule has 1 saturated heterocycles. The van der Waals surface area contributed by atoms with E-state index in [4.69, 9.17) is 17.2 Å². The predicted molar refractivity (Wildman–Crippen MR) is 186 cm³/mol. The van der Waals surface area contributed by atoms with Gasteiger partial charge < -0.3 is 22.5 Å². The van der Waals surface area contributed by atoms with Gasteiger partial charge in [-0.05, 0) is 6.42 Å². The summed E-state index contributed by atoms with van der Waals surface area (Å²) in [5.74, 6) is -1.32. The number of rotatable bonds is 25. The van der Waals surface area contributed by atoms with Crippen molar-refractivity contribution in [1.82, 2.24) is 24.9 Å². The first-order chi connectivity index (χ1) is 22.2. The van der Waals surface area contributed by atoms with Gasteiger partial charge in [0.2, 0.25) is 23.6 Å². The Morgan fingerprint density at radius 2 is 0.696 bits per heavy atom. The van der Waals surface area contributed by atoms with Gasteiger partial charge in [-0.2, -0.15) is 0 Å². The smallest absolute Gasteiger partial charge is 0.234 e. The molecule has 0 saturated carbocycles. The largest absolute Gasteiger partial charge is 0.369 e. The summed E-state index contributed by atoms with van der Waals surface area (Å²) < 4.78 is 0. The minimum absolute atomic E-state index is 0.0245. The van der Waals surface area contributed by atoms with Crippen LogP contribution in [0.1, 0.15) is 110 Å². The van der Waals surface area contributed by atoms with Gasteiger partial charge in [-0.3, -0.25) is 38.8 Å². The van der Waals surface area contributed by atoms with Gasteiger partial charge in [0.15, 0.2) is 0 Å². The van der Waals surface area contributed by atoms with Crippen molar-refractivity contribution in [2.75, 3.05) is 85.1 Å². The molecule has 46 heavy (non-hydrogen) atoms. The van der Waals surface area contributed by atoms with Crippen LogP contribution < -0.4 is 22.5 Å². The normalized spacial score (nSPS) is 16.5. The first-order valence-corrected chi connectivity index (χ1v) is 18.2. The summed E-state index contributed by atoms with van der Waals surface area (Å²) in [6.45, 7) is 7.70. The monoisotopic (exact) mass is 653 g/mol. The average molecular weight is 653 g/mol. The molecule has 1 aliphatic heterocycles. The zero-order valence-corrected chi connectivity index (χ0v) is 29.2. The van der Waals surface area contributed by atoms with Crippen LogP contribution in [0.25, 0.3) is 0 Å². The Kier molecular flexibility index (Phi) is 25.2. The van der Waals surface area contributed by atoms with Gasteiger partial charge in [0.1, 0.15) is 0 Å². The zero-order valence-electron chi connectivity index (χ0n) is 29.2. The average Bonchev–Trinajstić information content (AvgIpc) is 2.99. The maximum atomic E-state index is 12.8. The van der Waals surface area contributed by atoms with E-state index in [0.29, 0.717) is 58.9 Å². The molecule has 268 valence electrons. The number of hydrogen-bond donors (Lipinski definition) is 4. The van der Waals surface area contributed by atoms with E-state index in [9.17, 15) is 19.2 Å². The molecule has 0 unspecified atom stereocenters. The summed E-state index contributed by atoms with van der Waals surface area (Å²) in [5, 5.41) is 3.07. The van der Waals surface area contributed by atoms with E-state index in [1.165, 1.54) is 89.9 Å². The van der Waals surface area contributed by atoms with Crippen LogP contribution in [0, 0.1) is 0 Å². The van der Waals surface area contributed by atoms with Gasteiger partial charge in [-0.1, -0.05) is 103 Å². The summed E-state index contributed by atoms with van der Waals surface area (Å²) in [6.07, 6.45) is 21.1. The van der Waals surface area contributed by atoms with Gasteiger partial charge in [0, 0.05) is 58.9 Å². The second-order valence-electron chi connectivity index (χ2n) is 13.2. The molecular weight excluding hydrogens is 584 g/mol. The van der Waals surface area contributed by atoms with Crippen LogP contribution in [-0.2, 0) is 19.2 Å². The van der Waals surface area contributed by atoms with Crippen molar-refractivity contribution in [3.8, 4) is 0 Å². The lowest BCUT2D eigenvalue weighted by Crippen LogP contribution is -2.50. The number of amides is 4. The molecule has 1 rings (SSSR count). The van der Waals surface area contributed by atoms with Gasteiger partial charge in [-0.25, -0.2) is 0 Å². The van der Waals surface area contributed by atoms with Crippen molar-refractivity contribution in [3.05, 3.63) is 0 Å². The van der Waals surface area contributed by atoms with Crippen LogP contribution in [0.4, 0.5) is 0 Å². The fourth-order valence-corrected chi connectivity index (χ4v) is 6.03. The lowest BCUT2D eigenvalue weighted by atomic mass is 10.0. The van der Waals surface area contributed by atoms with Crippen LogP contribution in [-0.4, -0.2) is 128 Å². The SMILES string of the molecule is CCCCCCCCCCCCCCCCCCNC(=O)CN1CCN(CC(N)=O)CCN(CC(N)=O)CCN(CC(N)=O)CC1. The second-order valence-corrected chi connectivity index (χ2v) is 13.2. The van der Waals surface area contributed by atoms with Crippen LogP contribution >= 0.6 is 0 Å². The summed E-state index contributed by atoms with van der Waals surface area (Å²) >= 11 is 0. The third-order valence-corrected chi connectivity index (χ3v) is 8.79. The molecule has 0 aliphatic carbocycles. The van der Waals surface area contributed by atoms with Crippen molar-refractivity contribution in [2.45, 2.75) is 110 Å². The quantitative estimate of drug-likeness (QED) is 0.109. The Morgan fingerprint density at radius 3 is 0.978 bits per heavy atom. The standard InChI is InChI=1S/C34H68N8O4/c1-2-3-4-5-6-7-8-9-10-11-12-13-14-15-16-17-18-38-34(46)30-42-25-23-40(28-32(36)44)21-19-39(27-31(35)43)20-22-41(24-26-42)29-33(37)45/h2-30H2,1H3,(H2,35,43)(H2,36,44)(H2,37,45)(H,38,46). The molecule has 12 heteroatoms. The summed E-state index contributed by atoms with van der Waals surface area (Å²) in [6, 6.07) is 0.